The molecule has 1 aromatic carbocycles. The number of hydrogen-bond donors (Lipinski definition) is 1. The third-order valence-corrected chi connectivity index (χ3v) is 16.1. The van der Waals surface area contributed by atoms with E-state index >= 15 is 0 Å². The Bertz CT molecular complexity index is 1700. The Labute approximate surface area is 300 Å². The molecule has 1 saturated heterocycles. The normalized spacial score (nSPS) is 43.1. The van der Waals surface area contributed by atoms with Gasteiger partial charge in [-0.25, -0.2) is 13.6 Å². The number of carbonyl (C=O) groups excluding carboxylic acids is 2. The van der Waals surface area contributed by atoms with Crippen molar-refractivity contribution in [2.75, 3.05) is 6.54 Å². The summed E-state index contributed by atoms with van der Waals surface area (Å²) in [5.74, 6) is -0.519. The van der Waals surface area contributed by atoms with Crippen LogP contribution in [0.4, 0.5) is 8.78 Å². The van der Waals surface area contributed by atoms with Crippen LogP contribution >= 0.6 is 0 Å². The average molecular weight is 705 g/mol. The molecule has 276 valence electrons. The molecule has 2 aromatic rings. The van der Waals surface area contributed by atoms with E-state index in [9.17, 15) is 23.5 Å². The van der Waals surface area contributed by atoms with Crippen LogP contribution in [0, 0.1) is 62.4 Å². The first-order valence-corrected chi connectivity index (χ1v) is 19.2. The van der Waals surface area contributed by atoms with Crippen molar-refractivity contribution in [3.63, 3.8) is 0 Å². The molecule has 5 aliphatic carbocycles. The maximum Gasteiger partial charge on any atom is 0.339 e. The minimum absolute atomic E-state index is 0.0953. The number of fused-ring (bicyclic) bond motifs is 4. The van der Waals surface area contributed by atoms with Gasteiger partial charge in [-0.05, 0) is 121 Å². The lowest BCUT2D eigenvalue weighted by molar-refractivity contribution is -0.183. The van der Waals surface area contributed by atoms with Crippen LogP contribution in [0.5, 0.6) is 0 Å². The Morgan fingerprint density at radius 2 is 1.73 bits per heavy atom. The molecule has 0 bridgehead atoms. The minimum atomic E-state index is -0.665. The highest BCUT2D eigenvalue weighted by molar-refractivity contribution is 5.89. The van der Waals surface area contributed by atoms with E-state index in [0.29, 0.717) is 29.5 Å². The Balaban J connectivity index is 1.02. The van der Waals surface area contributed by atoms with Crippen LogP contribution in [-0.4, -0.2) is 57.8 Å². The number of hydrogen-bond acceptors (Lipinski definition) is 6. The summed E-state index contributed by atoms with van der Waals surface area (Å²) in [5.41, 5.74) is 0.666. The maximum absolute atomic E-state index is 14.0. The van der Waals surface area contributed by atoms with Crippen LogP contribution in [0.3, 0.4) is 0 Å². The predicted octanol–water partition coefficient (Wildman–Crippen LogP) is 7.75. The molecule has 6 aliphatic rings. The van der Waals surface area contributed by atoms with Crippen molar-refractivity contribution < 1.29 is 33.0 Å². The topological polar surface area (TPSA) is 89.0 Å². The third-order valence-electron chi connectivity index (χ3n) is 16.1. The molecular formula is C42H54F2N2O5. The minimum Gasteiger partial charge on any atom is -0.458 e. The van der Waals surface area contributed by atoms with Gasteiger partial charge in [0.25, 0.3) is 0 Å². The summed E-state index contributed by atoms with van der Waals surface area (Å²) in [7, 11) is 0. The van der Waals surface area contributed by atoms with Gasteiger partial charge in [0.05, 0.1) is 23.9 Å². The highest BCUT2D eigenvalue weighted by Crippen LogP contribution is 2.89. The van der Waals surface area contributed by atoms with E-state index in [4.69, 9.17) is 9.47 Å². The van der Waals surface area contributed by atoms with Crippen LogP contribution in [0.25, 0.3) is 0 Å². The Morgan fingerprint density at radius 1 is 1.02 bits per heavy atom. The van der Waals surface area contributed by atoms with E-state index in [1.807, 2.05) is 0 Å². The zero-order valence-corrected chi connectivity index (χ0v) is 31.0. The number of aromatic nitrogens is 1. The number of pyridine rings is 1. The number of rotatable bonds is 6. The zero-order chi connectivity index (χ0) is 36.3. The van der Waals surface area contributed by atoms with Crippen molar-refractivity contribution in [1.29, 1.82) is 0 Å². The van der Waals surface area contributed by atoms with Crippen molar-refractivity contribution in [3.8, 4) is 0 Å². The van der Waals surface area contributed by atoms with Crippen LogP contribution in [0.2, 0.25) is 0 Å². The van der Waals surface area contributed by atoms with Crippen LogP contribution in [0.15, 0.2) is 42.7 Å². The van der Waals surface area contributed by atoms with Crippen LogP contribution < -0.4 is 0 Å². The van der Waals surface area contributed by atoms with E-state index in [1.54, 1.807) is 29.4 Å². The SMILES string of the molecule is CC(=O)N(Cc1cc(F)cc(F)c1)CC1C[C@@H](C)[C@H]2C(O1)[C@H](O)[C@@]1(C)C3CC[C@H]4C(C)(C)C(OC(=O)c5cccnc5)CCC45CC35CCC21C. The summed E-state index contributed by atoms with van der Waals surface area (Å²) in [4.78, 5) is 31.6. The van der Waals surface area contributed by atoms with Gasteiger partial charge < -0.3 is 19.5 Å². The van der Waals surface area contributed by atoms with Crippen molar-refractivity contribution in [3.05, 3.63) is 65.5 Å². The number of carbonyl (C=O) groups is 2. The Hall–Kier alpha value is -2.91. The third kappa shape index (κ3) is 4.95. The molecule has 51 heavy (non-hydrogen) atoms. The molecule has 12 atom stereocenters. The molecule has 1 amide bonds. The van der Waals surface area contributed by atoms with E-state index < -0.39 is 17.7 Å². The monoisotopic (exact) mass is 704 g/mol. The fraction of sp³-hybridized carbons (Fsp3) is 0.690. The number of aliphatic hydroxyl groups excluding tert-OH is 1. The molecule has 1 aromatic heterocycles. The molecule has 1 N–H and O–H groups in total. The second-order valence-corrected chi connectivity index (χ2v) is 18.5. The summed E-state index contributed by atoms with van der Waals surface area (Å²) in [6.45, 7) is 13.6. The van der Waals surface area contributed by atoms with E-state index in [2.05, 4.69) is 39.6 Å². The van der Waals surface area contributed by atoms with E-state index in [-0.39, 0.29) is 75.6 Å². The molecule has 6 fully saturated rings. The number of amides is 1. The quantitative estimate of drug-likeness (QED) is 0.310. The summed E-state index contributed by atoms with van der Waals surface area (Å²) in [6.07, 6.45) is 9.98. The molecule has 2 spiro atoms. The molecule has 8 rings (SSSR count). The predicted molar refractivity (Wildman–Crippen MR) is 187 cm³/mol. The molecule has 9 heteroatoms. The van der Waals surface area contributed by atoms with E-state index in [1.165, 1.54) is 25.5 Å². The molecular weight excluding hydrogens is 650 g/mol. The molecule has 0 radical (unpaired) electrons. The number of aliphatic hydroxyl groups is 1. The first-order chi connectivity index (χ1) is 24.1. The lowest BCUT2D eigenvalue weighted by Gasteiger charge is -2.63. The van der Waals surface area contributed by atoms with Crippen molar-refractivity contribution in [1.82, 2.24) is 9.88 Å². The number of benzene rings is 1. The molecule has 7 nitrogen and oxygen atoms in total. The summed E-state index contributed by atoms with van der Waals surface area (Å²) < 4.78 is 41.1. The molecule has 7 unspecified atom stereocenters. The second kappa shape index (κ2) is 11.8. The van der Waals surface area contributed by atoms with Crippen LogP contribution in [-0.2, 0) is 20.8 Å². The van der Waals surface area contributed by atoms with Gasteiger partial charge >= 0.3 is 5.97 Å². The first kappa shape index (κ1) is 35.1. The van der Waals surface area contributed by atoms with Crippen molar-refractivity contribution in [2.24, 2.45) is 50.7 Å². The van der Waals surface area contributed by atoms with E-state index in [0.717, 1.165) is 51.0 Å². The molecule has 1 aliphatic heterocycles. The Morgan fingerprint density at radius 3 is 2.41 bits per heavy atom. The van der Waals surface area contributed by atoms with Crippen LogP contribution in [0.1, 0.15) is 109 Å². The standard InChI is InChI=1S/C42H54F2N2O5/c1-24-16-30(22-46(25(2)47)21-26-17-28(43)19-29(44)18-26)50-35-34(24)39(5)13-14-42-23-41(42)12-11-33(51-37(49)27-8-7-15-45-20-27)38(3,4)31(41)9-10-32(42)40(39,6)36(35)48/h7-8,15,17-20,24,30-36,48H,9-14,16,21-23H2,1-6H3/t24-,30?,31+,32?,33?,34+,35?,36+,39?,40-,41?,42?/m1/s1. The van der Waals surface area contributed by atoms with Crippen molar-refractivity contribution in [2.45, 2.75) is 124 Å². The number of ether oxygens (including phenoxy) is 2. The van der Waals surface area contributed by atoms with Crippen molar-refractivity contribution >= 4 is 11.9 Å². The lowest BCUT2D eigenvalue weighted by atomic mass is 9.41. The maximum atomic E-state index is 14.0. The van der Waals surface area contributed by atoms with Gasteiger partial charge in [-0.1, -0.05) is 34.6 Å². The van der Waals surface area contributed by atoms with Gasteiger partial charge in [-0.15, -0.1) is 0 Å². The molecule has 2 heterocycles. The second-order valence-electron chi connectivity index (χ2n) is 18.5. The lowest BCUT2D eigenvalue weighted by Crippen LogP contribution is -2.60. The Kier molecular flexibility index (Phi) is 8.13. The van der Waals surface area contributed by atoms with Gasteiger partial charge in [-0.2, -0.15) is 0 Å². The summed E-state index contributed by atoms with van der Waals surface area (Å²) in [5, 5.41) is 12.6. The van der Waals surface area contributed by atoms with Gasteiger partial charge in [0.15, 0.2) is 0 Å². The highest BCUT2D eigenvalue weighted by atomic mass is 19.1. The summed E-state index contributed by atoms with van der Waals surface area (Å²) >= 11 is 0. The zero-order valence-electron chi connectivity index (χ0n) is 31.0. The number of nitrogens with zero attached hydrogens (tertiary/aromatic N) is 2. The van der Waals surface area contributed by atoms with Gasteiger partial charge in [0.2, 0.25) is 5.91 Å². The van der Waals surface area contributed by atoms with Gasteiger partial charge in [-0.3, -0.25) is 9.78 Å². The number of halogens is 2. The highest BCUT2D eigenvalue weighted by Gasteiger charge is 2.84. The smallest absolute Gasteiger partial charge is 0.339 e. The average Bonchev–Trinajstić information content (AvgIpc) is 3.70. The van der Waals surface area contributed by atoms with Gasteiger partial charge in [0, 0.05) is 49.3 Å². The largest absolute Gasteiger partial charge is 0.458 e. The molecule has 5 saturated carbocycles. The fourth-order valence-electron chi connectivity index (χ4n) is 13.9. The summed E-state index contributed by atoms with van der Waals surface area (Å²) in [6, 6.07) is 6.90. The first-order valence-electron chi connectivity index (χ1n) is 19.2. The van der Waals surface area contributed by atoms with Gasteiger partial charge in [0.1, 0.15) is 17.7 Å². The fourth-order valence-corrected chi connectivity index (χ4v) is 13.9. The number of esters is 1.